The number of hydrogen-bond acceptors (Lipinski definition) is 7. The minimum absolute atomic E-state index is 0.0383. The molecule has 2 saturated carbocycles. The van der Waals surface area contributed by atoms with E-state index in [1.165, 1.54) is 13.2 Å². The number of nitrogens with one attached hydrogen (secondary N) is 1. The highest BCUT2D eigenvalue weighted by Crippen LogP contribution is 2.77. The molecule has 1 aliphatic heterocycles. The van der Waals surface area contributed by atoms with Crippen LogP contribution < -0.4 is 14.8 Å². The maximum absolute atomic E-state index is 14.7. The van der Waals surface area contributed by atoms with E-state index in [9.17, 15) is 14.0 Å². The molecule has 0 amide bonds. The first-order valence-corrected chi connectivity index (χ1v) is 10.7. The van der Waals surface area contributed by atoms with Gasteiger partial charge in [0.15, 0.2) is 11.6 Å². The third kappa shape index (κ3) is 3.12. The number of hydrogen-bond donors (Lipinski definition) is 1. The third-order valence-electron chi connectivity index (χ3n) is 6.68. The lowest BCUT2D eigenvalue weighted by Crippen LogP contribution is -2.40. The van der Waals surface area contributed by atoms with Gasteiger partial charge in [-0.05, 0) is 12.5 Å². The van der Waals surface area contributed by atoms with Crippen LogP contribution in [0.25, 0.3) is 0 Å². The lowest BCUT2D eigenvalue weighted by Gasteiger charge is -2.26. The van der Waals surface area contributed by atoms with Crippen LogP contribution in [0.1, 0.15) is 35.7 Å². The maximum atomic E-state index is 14.7. The molecule has 8 heteroatoms. The van der Waals surface area contributed by atoms with Crippen LogP contribution in [0.15, 0.2) is 42.5 Å². The van der Waals surface area contributed by atoms with E-state index in [4.69, 9.17) is 18.9 Å². The van der Waals surface area contributed by atoms with E-state index in [0.29, 0.717) is 19.4 Å². The van der Waals surface area contributed by atoms with Crippen molar-refractivity contribution >= 4 is 11.9 Å². The Hall–Kier alpha value is -3.13. The molecular formula is C24H24FNO6. The fourth-order valence-corrected chi connectivity index (χ4v) is 5.17. The lowest BCUT2D eigenvalue weighted by atomic mass is 10.0. The molecule has 3 fully saturated rings. The normalized spacial score (nSPS) is 28.8. The van der Waals surface area contributed by atoms with Gasteiger partial charge in [-0.2, -0.15) is 0 Å². The summed E-state index contributed by atoms with van der Waals surface area (Å²) in [5.74, 6) is -1.56. The topological polar surface area (TPSA) is 93.0 Å². The molecule has 2 unspecified atom stereocenters. The van der Waals surface area contributed by atoms with Crippen molar-refractivity contribution in [3.05, 3.63) is 59.4 Å². The maximum Gasteiger partial charge on any atom is 0.342 e. The summed E-state index contributed by atoms with van der Waals surface area (Å²) in [6, 6.07) is 11.7. The molecule has 0 bridgehead atoms. The van der Waals surface area contributed by atoms with Gasteiger partial charge in [-0.25, -0.2) is 9.18 Å². The smallest absolute Gasteiger partial charge is 0.342 e. The van der Waals surface area contributed by atoms with Crippen molar-refractivity contribution in [1.82, 2.24) is 5.32 Å². The van der Waals surface area contributed by atoms with Gasteiger partial charge >= 0.3 is 11.9 Å². The average molecular weight is 441 g/mol. The highest BCUT2D eigenvalue weighted by molar-refractivity contribution is 5.93. The molecule has 7 nitrogen and oxygen atoms in total. The zero-order valence-corrected chi connectivity index (χ0v) is 17.9. The summed E-state index contributed by atoms with van der Waals surface area (Å²) in [4.78, 5) is 24.7. The van der Waals surface area contributed by atoms with E-state index >= 15 is 0 Å². The van der Waals surface area contributed by atoms with Crippen LogP contribution in [0.3, 0.4) is 0 Å². The second-order valence-corrected chi connectivity index (χ2v) is 8.45. The van der Waals surface area contributed by atoms with Gasteiger partial charge in [0.2, 0.25) is 0 Å². The molecule has 2 aromatic rings. The van der Waals surface area contributed by atoms with Gasteiger partial charge in [0.25, 0.3) is 0 Å². The Morgan fingerprint density at radius 2 is 1.81 bits per heavy atom. The molecule has 2 atom stereocenters. The quantitative estimate of drug-likeness (QED) is 0.497. The fraction of sp³-hybridized carbons (Fsp3) is 0.417. The zero-order chi connectivity index (χ0) is 22.5. The van der Waals surface area contributed by atoms with Crippen LogP contribution in [-0.4, -0.2) is 42.8 Å². The van der Waals surface area contributed by atoms with Gasteiger partial charge in [-0.15, -0.1) is 0 Å². The Balaban J connectivity index is 1.27. The SMILES string of the molecule is CCOC(=O)C1C23CC(Oc4cc(C(=O)OCc5ccccc5)c(OC)cc4F)CC12N3. The fourth-order valence-electron chi connectivity index (χ4n) is 5.17. The van der Waals surface area contributed by atoms with E-state index in [0.717, 1.165) is 11.6 Å². The van der Waals surface area contributed by atoms with E-state index in [1.807, 2.05) is 30.3 Å². The molecule has 0 aromatic heterocycles. The Morgan fingerprint density at radius 3 is 2.47 bits per heavy atom. The molecule has 2 aromatic carbocycles. The van der Waals surface area contributed by atoms with Crippen LogP contribution in [-0.2, 0) is 20.9 Å². The van der Waals surface area contributed by atoms with Crippen LogP contribution in [0.5, 0.6) is 11.5 Å². The van der Waals surface area contributed by atoms with Crippen LogP contribution in [0.2, 0.25) is 0 Å². The van der Waals surface area contributed by atoms with Gasteiger partial charge in [0.1, 0.15) is 24.0 Å². The standard InChI is InChI=1S/C24H24FNO6/c1-3-30-22(28)20-23-11-15(12-24(20,23)26-23)32-19-9-16(18(29-2)10-17(19)25)21(27)31-13-14-7-5-4-6-8-14/h4-10,15,20,26H,3,11-13H2,1-2H3. The first-order chi connectivity index (χ1) is 15.4. The summed E-state index contributed by atoms with van der Waals surface area (Å²) in [5, 5.41) is 3.35. The molecule has 5 rings (SSSR count). The number of esters is 2. The molecule has 0 spiro atoms. The number of ether oxygens (including phenoxy) is 4. The highest BCUT2D eigenvalue weighted by Gasteiger charge is 2.97. The summed E-state index contributed by atoms with van der Waals surface area (Å²) in [7, 11) is 1.36. The minimum Gasteiger partial charge on any atom is -0.496 e. The molecule has 1 N–H and O–H groups in total. The first kappa shape index (κ1) is 20.8. The second-order valence-electron chi connectivity index (χ2n) is 8.45. The van der Waals surface area contributed by atoms with Crippen LogP contribution in [0, 0.1) is 11.7 Å². The van der Waals surface area contributed by atoms with E-state index in [-0.39, 0.29) is 52.7 Å². The van der Waals surface area contributed by atoms with E-state index in [1.54, 1.807) is 6.92 Å². The van der Waals surface area contributed by atoms with E-state index in [2.05, 4.69) is 5.32 Å². The van der Waals surface area contributed by atoms with Crippen molar-refractivity contribution in [2.24, 2.45) is 5.92 Å². The van der Waals surface area contributed by atoms with Crippen molar-refractivity contribution in [2.45, 2.75) is 43.6 Å². The summed E-state index contributed by atoms with van der Waals surface area (Å²) < 4.78 is 36.3. The lowest BCUT2D eigenvalue weighted by molar-refractivity contribution is -0.147. The summed E-state index contributed by atoms with van der Waals surface area (Å²) >= 11 is 0. The van der Waals surface area contributed by atoms with Gasteiger partial charge in [0, 0.05) is 25.0 Å². The zero-order valence-electron chi connectivity index (χ0n) is 17.9. The molecular weight excluding hydrogens is 417 g/mol. The van der Waals surface area contributed by atoms with Crippen molar-refractivity contribution in [3.63, 3.8) is 0 Å². The Kier molecular flexibility index (Phi) is 4.85. The third-order valence-corrected chi connectivity index (χ3v) is 6.68. The van der Waals surface area contributed by atoms with Gasteiger partial charge in [-0.3, -0.25) is 4.79 Å². The van der Waals surface area contributed by atoms with Crippen molar-refractivity contribution < 1.29 is 32.9 Å². The Labute approximate surface area is 184 Å². The number of methoxy groups -OCH3 is 1. The number of rotatable bonds is 8. The highest BCUT2D eigenvalue weighted by atomic mass is 19.1. The molecule has 168 valence electrons. The molecule has 3 aliphatic rings. The van der Waals surface area contributed by atoms with Gasteiger partial charge in [-0.1, -0.05) is 30.3 Å². The van der Waals surface area contributed by atoms with Gasteiger partial charge < -0.3 is 24.3 Å². The number of carbonyl (C=O) groups excluding carboxylic acids is 2. The molecule has 2 aliphatic carbocycles. The number of carbonyl (C=O) groups is 2. The van der Waals surface area contributed by atoms with Crippen molar-refractivity contribution in [1.29, 1.82) is 0 Å². The molecule has 1 heterocycles. The Bertz CT molecular complexity index is 1060. The first-order valence-electron chi connectivity index (χ1n) is 10.7. The van der Waals surface area contributed by atoms with Crippen LogP contribution >= 0.6 is 0 Å². The Morgan fingerprint density at radius 1 is 1.09 bits per heavy atom. The average Bonchev–Trinajstić information content (AvgIpc) is 3.51. The van der Waals surface area contributed by atoms with Gasteiger partial charge in [0.05, 0.1) is 30.7 Å². The predicted octanol–water partition coefficient (Wildman–Crippen LogP) is 3.01. The number of halogens is 1. The van der Waals surface area contributed by atoms with E-state index < -0.39 is 11.8 Å². The second kappa shape index (κ2) is 7.48. The monoisotopic (exact) mass is 441 g/mol. The number of piperidine rings is 1. The molecule has 0 radical (unpaired) electrons. The largest absolute Gasteiger partial charge is 0.496 e. The minimum atomic E-state index is -0.631. The van der Waals surface area contributed by atoms with Crippen molar-refractivity contribution in [2.75, 3.05) is 13.7 Å². The summed E-state index contributed by atoms with van der Waals surface area (Å²) in [6.45, 7) is 2.22. The van der Waals surface area contributed by atoms with Crippen LogP contribution in [0.4, 0.5) is 4.39 Å². The number of benzene rings is 2. The summed E-state index contributed by atoms with van der Waals surface area (Å²) in [5.41, 5.74) is 0.353. The predicted molar refractivity (Wildman–Crippen MR) is 111 cm³/mol. The molecule has 32 heavy (non-hydrogen) atoms. The molecule has 1 saturated heterocycles. The van der Waals surface area contributed by atoms with Crippen molar-refractivity contribution in [3.8, 4) is 11.5 Å². The summed E-state index contributed by atoms with van der Waals surface area (Å²) in [6.07, 6.45) is 0.892.